The maximum atomic E-state index is 13.0. The number of rotatable bonds is 4. The third-order valence-electron chi connectivity index (χ3n) is 4.62. The maximum Gasteiger partial charge on any atom is 0.332 e. The number of imidazole rings is 1. The van der Waals surface area contributed by atoms with Crippen LogP contribution < -0.4 is 16.3 Å². The molecule has 0 amide bonds. The zero-order valence-electron chi connectivity index (χ0n) is 15.4. The second kappa shape index (κ2) is 6.34. The summed E-state index contributed by atoms with van der Waals surface area (Å²) < 4.78 is 4.64. The van der Waals surface area contributed by atoms with Crippen molar-refractivity contribution in [1.29, 1.82) is 0 Å². The Labute approximate surface area is 145 Å². The number of allylic oxidation sites excluding steroid dienone is 1. The van der Waals surface area contributed by atoms with Gasteiger partial charge in [-0.2, -0.15) is 10.1 Å². The molecular weight excluding hydrogens is 320 g/mol. The Morgan fingerprint density at radius 3 is 2.64 bits per heavy atom. The highest BCUT2D eigenvalue weighted by Crippen LogP contribution is 2.29. The maximum absolute atomic E-state index is 13.0. The quantitative estimate of drug-likeness (QED) is 0.790. The first kappa shape index (κ1) is 17.2. The lowest BCUT2D eigenvalue weighted by atomic mass is 10.2. The normalized spacial score (nSPS) is 17.4. The highest BCUT2D eigenvalue weighted by Gasteiger charge is 2.30. The van der Waals surface area contributed by atoms with Crippen LogP contribution in [0.1, 0.15) is 40.2 Å². The van der Waals surface area contributed by atoms with Gasteiger partial charge in [0.1, 0.15) is 0 Å². The summed E-state index contributed by atoms with van der Waals surface area (Å²) in [7, 11) is 1.66. The Morgan fingerprint density at radius 2 is 2.00 bits per heavy atom. The van der Waals surface area contributed by atoms with E-state index in [1.807, 2.05) is 44.4 Å². The first-order chi connectivity index (χ1) is 11.9. The third-order valence-corrected chi connectivity index (χ3v) is 4.62. The average molecular weight is 344 g/mol. The van der Waals surface area contributed by atoms with Gasteiger partial charge in [0.15, 0.2) is 11.2 Å². The lowest BCUT2D eigenvalue weighted by molar-refractivity contribution is 0.587. The van der Waals surface area contributed by atoms with E-state index in [0.29, 0.717) is 36.6 Å². The molecule has 25 heavy (non-hydrogen) atoms. The summed E-state index contributed by atoms with van der Waals surface area (Å²) in [6.07, 6.45) is 4.63. The topological polar surface area (TPSA) is 77.4 Å². The Kier molecular flexibility index (Phi) is 4.36. The van der Waals surface area contributed by atoms with Crippen molar-refractivity contribution in [2.45, 2.75) is 46.7 Å². The van der Waals surface area contributed by atoms with Gasteiger partial charge in [-0.3, -0.25) is 18.5 Å². The predicted octanol–water partition coefficient (Wildman–Crippen LogP) is 1.64. The second-order valence-corrected chi connectivity index (χ2v) is 6.32. The highest BCUT2D eigenvalue weighted by molar-refractivity contribution is 5.91. The summed E-state index contributed by atoms with van der Waals surface area (Å²) in [5, 5.41) is 6.36. The summed E-state index contributed by atoms with van der Waals surface area (Å²) in [5.41, 5.74) is 1.13. The van der Waals surface area contributed by atoms with Gasteiger partial charge in [0.05, 0.1) is 18.3 Å². The summed E-state index contributed by atoms with van der Waals surface area (Å²) >= 11 is 0. The van der Waals surface area contributed by atoms with Crippen molar-refractivity contribution >= 4 is 22.8 Å². The van der Waals surface area contributed by atoms with Crippen LogP contribution >= 0.6 is 0 Å². The summed E-state index contributed by atoms with van der Waals surface area (Å²) in [4.78, 5) is 30.1. The minimum absolute atomic E-state index is 0.0952. The van der Waals surface area contributed by atoms with E-state index in [1.54, 1.807) is 12.1 Å². The number of aromatic nitrogens is 4. The first-order valence-corrected chi connectivity index (χ1v) is 8.57. The standard InChI is InChI=1S/C17H24N6O2/c1-6-8-10-22-16-18-14-13(23(16)12(4)11(3)19-22)15(24)21(9-7-2)17(25)20(14)5/h6,8,12H,7,9-10H2,1-5H3/b8-6+. The fourth-order valence-electron chi connectivity index (χ4n) is 3.13. The molecule has 3 rings (SSSR count). The molecule has 0 aromatic carbocycles. The van der Waals surface area contributed by atoms with Crippen molar-refractivity contribution in [2.75, 3.05) is 11.6 Å². The number of fused-ring (bicyclic) bond motifs is 3. The third kappa shape index (κ3) is 2.52. The van der Waals surface area contributed by atoms with Gasteiger partial charge in [0, 0.05) is 13.6 Å². The van der Waals surface area contributed by atoms with Crippen LogP contribution in [0, 0.1) is 0 Å². The fourth-order valence-corrected chi connectivity index (χ4v) is 3.13. The molecule has 0 N–H and O–H groups in total. The molecule has 0 saturated carbocycles. The molecule has 8 heteroatoms. The van der Waals surface area contributed by atoms with Gasteiger partial charge in [0.2, 0.25) is 5.95 Å². The van der Waals surface area contributed by atoms with Gasteiger partial charge in [0.25, 0.3) is 5.56 Å². The minimum Gasteiger partial charge on any atom is -0.294 e. The van der Waals surface area contributed by atoms with Gasteiger partial charge in [-0.05, 0) is 27.2 Å². The summed E-state index contributed by atoms with van der Waals surface area (Å²) in [6.45, 7) is 8.77. The van der Waals surface area contributed by atoms with Crippen LogP contribution in [0.25, 0.3) is 11.2 Å². The zero-order chi connectivity index (χ0) is 18.3. The number of hydrogen-bond donors (Lipinski definition) is 0. The van der Waals surface area contributed by atoms with Crippen LogP contribution in [0.5, 0.6) is 0 Å². The molecule has 8 nitrogen and oxygen atoms in total. The highest BCUT2D eigenvalue weighted by atomic mass is 16.2. The van der Waals surface area contributed by atoms with Crippen molar-refractivity contribution in [3.8, 4) is 0 Å². The van der Waals surface area contributed by atoms with Crippen LogP contribution in [0.2, 0.25) is 0 Å². The van der Waals surface area contributed by atoms with Crippen LogP contribution in [-0.4, -0.2) is 30.9 Å². The molecule has 1 aliphatic rings. The van der Waals surface area contributed by atoms with Gasteiger partial charge in [-0.25, -0.2) is 9.80 Å². The molecule has 0 spiro atoms. The molecule has 1 unspecified atom stereocenters. The van der Waals surface area contributed by atoms with Gasteiger partial charge >= 0.3 is 5.69 Å². The molecule has 0 radical (unpaired) electrons. The SMILES string of the molecule is C/C=C/CN1N=C(C)C(C)n2c1nc1c2c(=O)n(CCC)c(=O)n1C. The fraction of sp³-hybridized carbons (Fsp3) is 0.529. The lowest BCUT2D eigenvalue weighted by Gasteiger charge is -2.28. The number of nitrogens with zero attached hydrogens (tertiary/aromatic N) is 6. The van der Waals surface area contributed by atoms with Gasteiger partial charge in [-0.15, -0.1) is 0 Å². The van der Waals surface area contributed by atoms with Crippen LogP contribution in [0.3, 0.4) is 0 Å². The number of aryl methyl sites for hydroxylation is 1. The largest absolute Gasteiger partial charge is 0.332 e. The Balaban J connectivity index is 2.37. The Morgan fingerprint density at radius 1 is 1.28 bits per heavy atom. The lowest BCUT2D eigenvalue weighted by Crippen LogP contribution is -2.40. The van der Waals surface area contributed by atoms with Crippen molar-refractivity contribution in [1.82, 2.24) is 18.7 Å². The molecule has 1 atom stereocenters. The number of anilines is 1. The molecule has 0 aliphatic carbocycles. The van der Waals surface area contributed by atoms with E-state index in [-0.39, 0.29) is 17.3 Å². The molecule has 0 fully saturated rings. The summed E-state index contributed by atoms with van der Waals surface area (Å²) in [6, 6.07) is -0.0952. The van der Waals surface area contributed by atoms with E-state index in [1.165, 1.54) is 9.13 Å². The van der Waals surface area contributed by atoms with E-state index in [4.69, 9.17) is 0 Å². The average Bonchev–Trinajstić information content (AvgIpc) is 3.00. The minimum atomic E-state index is -0.333. The molecule has 134 valence electrons. The Bertz CT molecular complexity index is 991. The first-order valence-electron chi connectivity index (χ1n) is 8.57. The van der Waals surface area contributed by atoms with Crippen LogP contribution in [-0.2, 0) is 13.6 Å². The molecule has 0 bridgehead atoms. The number of hydrazone groups is 1. The van der Waals surface area contributed by atoms with Crippen molar-refractivity contribution < 1.29 is 0 Å². The van der Waals surface area contributed by atoms with E-state index in [2.05, 4.69) is 10.1 Å². The Hall–Kier alpha value is -2.64. The molecule has 2 aromatic rings. The van der Waals surface area contributed by atoms with Crippen molar-refractivity contribution in [3.63, 3.8) is 0 Å². The van der Waals surface area contributed by atoms with Gasteiger partial charge in [-0.1, -0.05) is 19.1 Å². The second-order valence-electron chi connectivity index (χ2n) is 6.32. The van der Waals surface area contributed by atoms with Crippen LogP contribution in [0.15, 0.2) is 26.8 Å². The molecule has 3 heterocycles. The number of hydrogen-bond acceptors (Lipinski definition) is 5. The monoisotopic (exact) mass is 344 g/mol. The van der Waals surface area contributed by atoms with E-state index in [9.17, 15) is 9.59 Å². The zero-order valence-corrected chi connectivity index (χ0v) is 15.4. The smallest absolute Gasteiger partial charge is 0.294 e. The van der Waals surface area contributed by atoms with Crippen molar-refractivity contribution in [2.24, 2.45) is 12.1 Å². The van der Waals surface area contributed by atoms with E-state index < -0.39 is 0 Å². The van der Waals surface area contributed by atoms with Crippen LogP contribution in [0.4, 0.5) is 5.95 Å². The molecule has 0 saturated heterocycles. The van der Waals surface area contributed by atoms with Crippen molar-refractivity contribution in [3.05, 3.63) is 33.0 Å². The van der Waals surface area contributed by atoms with Gasteiger partial charge < -0.3 is 0 Å². The van der Waals surface area contributed by atoms with E-state index >= 15 is 0 Å². The predicted molar refractivity (Wildman–Crippen MR) is 99.5 cm³/mol. The molecule has 1 aliphatic heterocycles. The van der Waals surface area contributed by atoms with E-state index in [0.717, 1.165) is 5.71 Å². The molecule has 2 aromatic heterocycles. The molecular formula is C17H24N6O2. The summed E-state index contributed by atoms with van der Waals surface area (Å²) in [5.74, 6) is 0.590.